The molecule has 7 heteroatoms. The number of aromatic nitrogens is 4. The van der Waals surface area contributed by atoms with Gasteiger partial charge in [0.15, 0.2) is 0 Å². The van der Waals surface area contributed by atoms with Crippen LogP contribution in [-0.4, -0.2) is 43.4 Å². The van der Waals surface area contributed by atoms with E-state index in [1.165, 1.54) is 11.3 Å². The summed E-state index contributed by atoms with van der Waals surface area (Å²) < 4.78 is 2.17. The summed E-state index contributed by atoms with van der Waals surface area (Å²) in [6, 6.07) is 4.01. The lowest BCUT2D eigenvalue weighted by Crippen LogP contribution is -2.40. The van der Waals surface area contributed by atoms with Crippen LogP contribution < -0.4 is 0 Å². The van der Waals surface area contributed by atoms with Crippen molar-refractivity contribution in [2.24, 2.45) is 0 Å². The first-order chi connectivity index (χ1) is 12.3. The number of rotatable bonds is 4. The topological polar surface area (TPSA) is 63.9 Å². The molecule has 1 aliphatic heterocycles. The molecule has 0 radical (unpaired) electrons. The number of hydrogen-bond acceptors (Lipinski definition) is 5. The molecule has 1 saturated heterocycles. The first-order valence-electron chi connectivity index (χ1n) is 8.38. The third-order valence-electron chi connectivity index (χ3n) is 4.55. The van der Waals surface area contributed by atoms with E-state index in [1.807, 2.05) is 34.9 Å². The van der Waals surface area contributed by atoms with Gasteiger partial charge in [-0.25, -0.2) is 9.97 Å². The monoisotopic (exact) mass is 353 g/mol. The van der Waals surface area contributed by atoms with Crippen molar-refractivity contribution in [3.05, 3.63) is 64.9 Å². The molecule has 1 atom stereocenters. The van der Waals surface area contributed by atoms with Gasteiger partial charge >= 0.3 is 0 Å². The molecule has 0 aliphatic carbocycles. The molecule has 0 spiro atoms. The Kier molecular flexibility index (Phi) is 4.56. The van der Waals surface area contributed by atoms with Crippen LogP contribution in [0.25, 0.3) is 0 Å². The zero-order chi connectivity index (χ0) is 17.1. The lowest BCUT2D eigenvalue weighted by atomic mass is 9.96. The number of piperidine rings is 1. The van der Waals surface area contributed by atoms with Gasteiger partial charge in [0.05, 0.1) is 12.1 Å². The molecule has 1 aliphatic rings. The molecule has 0 bridgehead atoms. The van der Waals surface area contributed by atoms with Crippen LogP contribution in [0.15, 0.2) is 47.8 Å². The molecule has 3 aromatic rings. The van der Waals surface area contributed by atoms with E-state index in [9.17, 15) is 4.79 Å². The van der Waals surface area contributed by atoms with E-state index in [2.05, 4.69) is 25.6 Å². The molecular formula is C18H19N5OS. The molecule has 0 N–H and O–H groups in total. The number of pyridine rings is 1. The molecule has 1 unspecified atom stereocenters. The van der Waals surface area contributed by atoms with E-state index >= 15 is 0 Å². The maximum absolute atomic E-state index is 12.6. The summed E-state index contributed by atoms with van der Waals surface area (Å²) in [7, 11) is 0. The van der Waals surface area contributed by atoms with E-state index in [1.54, 1.807) is 11.7 Å². The predicted octanol–water partition coefficient (Wildman–Crippen LogP) is 2.80. The van der Waals surface area contributed by atoms with Crippen LogP contribution in [0.3, 0.4) is 0 Å². The highest BCUT2D eigenvalue weighted by Crippen LogP contribution is 2.27. The van der Waals surface area contributed by atoms with Crippen LogP contribution in [0.1, 0.15) is 40.6 Å². The number of amides is 1. The smallest absolute Gasteiger partial charge is 0.273 e. The molecule has 6 nitrogen and oxygen atoms in total. The van der Waals surface area contributed by atoms with Gasteiger partial charge in [-0.15, -0.1) is 11.3 Å². The first-order valence-corrected chi connectivity index (χ1v) is 9.33. The van der Waals surface area contributed by atoms with E-state index in [4.69, 9.17) is 0 Å². The van der Waals surface area contributed by atoms with Gasteiger partial charge in [-0.3, -0.25) is 9.78 Å². The average molecular weight is 353 g/mol. The normalized spacial score (nSPS) is 17.6. The van der Waals surface area contributed by atoms with Crippen molar-refractivity contribution in [3.63, 3.8) is 0 Å². The summed E-state index contributed by atoms with van der Waals surface area (Å²) in [4.78, 5) is 27.4. The standard InChI is InChI=1S/C18H19N5OS/c24-18(16-12-25-13-21-16)23-7-2-4-15(11-23)17-20-6-8-22(17)10-14-3-1-5-19-9-14/h1,3,5-6,8-9,12-13,15H,2,4,7,10-11H2. The summed E-state index contributed by atoms with van der Waals surface area (Å²) >= 11 is 1.45. The number of hydrogen-bond donors (Lipinski definition) is 0. The third-order valence-corrected chi connectivity index (χ3v) is 5.14. The van der Waals surface area contributed by atoms with E-state index in [0.717, 1.165) is 37.3 Å². The molecule has 0 aromatic carbocycles. The van der Waals surface area contributed by atoms with Crippen LogP contribution in [0.2, 0.25) is 0 Å². The van der Waals surface area contributed by atoms with Crippen molar-refractivity contribution in [2.45, 2.75) is 25.3 Å². The van der Waals surface area contributed by atoms with Gasteiger partial charge in [0.1, 0.15) is 11.5 Å². The highest BCUT2D eigenvalue weighted by Gasteiger charge is 2.28. The third kappa shape index (κ3) is 3.46. The van der Waals surface area contributed by atoms with E-state index in [0.29, 0.717) is 12.2 Å². The summed E-state index contributed by atoms with van der Waals surface area (Å²) in [6.07, 6.45) is 9.53. The van der Waals surface area contributed by atoms with Crippen molar-refractivity contribution >= 4 is 17.2 Å². The second kappa shape index (κ2) is 7.14. The Labute approximate surface area is 150 Å². The highest BCUT2D eigenvalue weighted by molar-refractivity contribution is 7.07. The molecule has 25 heavy (non-hydrogen) atoms. The largest absolute Gasteiger partial charge is 0.337 e. The quantitative estimate of drug-likeness (QED) is 0.723. The number of thiazole rings is 1. The van der Waals surface area contributed by atoms with Crippen molar-refractivity contribution < 1.29 is 4.79 Å². The Balaban J connectivity index is 1.50. The zero-order valence-corrected chi connectivity index (χ0v) is 14.6. The molecule has 4 rings (SSSR count). The van der Waals surface area contributed by atoms with Gasteiger partial charge < -0.3 is 9.47 Å². The Hall–Kier alpha value is -2.54. The predicted molar refractivity (Wildman–Crippen MR) is 95.6 cm³/mol. The van der Waals surface area contributed by atoms with Crippen LogP contribution >= 0.6 is 11.3 Å². The lowest BCUT2D eigenvalue weighted by molar-refractivity contribution is 0.0698. The first kappa shape index (κ1) is 16.0. The molecule has 128 valence electrons. The van der Waals surface area contributed by atoms with Crippen LogP contribution in [0, 0.1) is 0 Å². The molecular weight excluding hydrogens is 334 g/mol. The molecule has 0 saturated carbocycles. The van der Waals surface area contributed by atoms with Gasteiger partial charge in [-0.05, 0) is 24.5 Å². The number of imidazole rings is 1. The second-order valence-electron chi connectivity index (χ2n) is 6.24. The molecule has 3 aromatic heterocycles. The Bertz CT molecular complexity index is 830. The summed E-state index contributed by atoms with van der Waals surface area (Å²) in [5.74, 6) is 1.32. The Morgan fingerprint density at radius 3 is 3.08 bits per heavy atom. The van der Waals surface area contributed by atoms with Crippen molar-refractivity contribution in [1.82, 2.24) is 24.4 Å². The molecule has 1 amide bonds. The second-order valence-corrected chi connectivity index (χ2v) is 6.96. The zero-order valence-electron chi connectivity index (χ0n) is 13.8. The van der Waals surface area contributed by atoms with E-state index < -0.39 is 0 Å². The van der Waals surface area contributed by atoms with Gasteiger partial charge in [-0.1, -0.05) is 6.07 Å². The minimum absolute atomic E-state index is 0.0244. The molecule has 4 heterocycles. The number of carbonyl (C=O) groups is 1. The Morgan fingerprint density at radius 1 is 1.32 bits per heavy atom. The number of carbonyl (C=O) groups excluding carboxylic acids is 1. The number of likely N-dealkylation sites (tertiary alicyclic amines) is 1. The summed E-state index contributed by atoms with van der Waals surface area (Å²) in [5.41, 5.74) is 3.40. The van der Waals surface area contributed by atoms with Gasteiger partial charge in [0.2, 0.25) is 0 Å². The average Bonchev–Trinajstić information content (AvgIpc) is 3.34. The minimum atomic E-state index is 0.0244. The minimum Gasteiger partial charge on any atom is -0.337 e. The SMILES string of the molecule is O=C(c1cscn1)N1CCCC(c2nccn2Cc2cccnc2)C1. The maximum Gasteiger partial charge on any atom is 0.273 e. The van der Waals surface area contributed by atoms with Gasteiger partial charge in [0, 0.05) is 49.2 Å². The Morgan fingerprint density at radius 2 is 2.28 bits per heavy atom. The summed E-state index contributed by atoms with van der Waals surface area (Å²) in [6.45, 7) is 2.23. The van der Waals surface area contributed by atoms with Gasteiger partial charge in [-0.2, -0.15) is 0 Å². The maximum atomic E-state index is 12.6. The van der Waals surface area contributed by atoms with Crippen molar-refractivity contribution in [3.8, 4) is 0 Å². The molecule has 1 fully saturated rings. The van der Waals surface area contributed by atoms with Crippen LogP contribution in [-0.2, 0) is 6.54 Å². The van der Waals surface area contributed by atoms with Gasteiger partial charge in [0.25, 0.3) is 5.91 Å². The highest BCUT2D eigenvalue weighted by atomic mass is 32.1. The fourth-order valence-corrected chi connectivity index (χ4v) is 3.88. The lowest BCUT2D eigenvalue weighted by Gasteiger charge is -2.32. The fraction of sp³-hybridized carbons (Fsp3) is 0.333. The van der Waals surface area contributed by atoms with Crippen LogP contribution in [0.4, 0.5) is 0 Å². The summed E-state index contributed by atoms with van der Waals surface area (Å²) in [5, 5.41) is 1.81. The van der Waals surface area contributed by atoms with Crippen LogP contribution in [0.5, 0.6) is 0 Å². The fourth-order valence-electron chi connectivity index (χ4n) is 3.36. The van der Waals surface area contributed by atoms with Crippen molar-refractivity contribution in [2.75, 3.05) is 13.1 Å². The number of nitrogens with zero attached hydrogens (tertiary/aromatic N) is 5. The van der Waals surface area contributed by atoms with Crippen molar-refractivity contribution in [1.29, 1.82) is 0 Å². The van der Waals surface area contributed by atoms with E-state index in [-0.39, 0.29) is 11.8 Å².